The van der Waals surface area contributed by atoms with Crippen LogP contribution in [0.4, 0.5) is 0 Å². The lowest BCUT2D eigenvalue weighted by atomic mass is 10.0. The Morgan fingerprint density at radius 3 is 3.00 bits per heavy atom. The molecule has 5 nitrogen and oxygen atoms in total. The van der Waals surface area contributed by atoms with Crippen LogP contribution in [0.5, 0.6) is 0 Å². The van der Waals surface area contributed by atoms with E-state index in [-0.39, 0.29) is 12.5 Å². The van der Waals surface area contributed by atoms with Crippen molar-refractivity contribution in [2.45, 2.75) is 39.4 Å². The summed E-state index contributed by atoms with van der Waals surface area (Å²) in [6.45, 7) is 6.62. The minimum absolute atomic E-state index is 0.235. The molecule has 5 heteroatoms. The maximum atomic E-state index is 11.3. The number of carbonyl (C=O) groups is 1. The predicted molar refractivity (Wildman–Crippen MR) is 78.2 cm³/mol. The second-order valence-corrected chi connectivity index (χ2v) is 5.68. The molecule has 0 saturated carbocycles. The van der Waals surface area contributed by atoms with Gasteiger partial charge in [-0.25, -0.2) is 0 Å². The normalized spacial score (nSPS) is 15.8. The summed E-state index contributed by atoms with van der Waals surface area (Å²) in [7, 11) is 0. The van der Waals surface area contributed by atoms with Crippen LogP contribution in [-0.4, -0.2) is 32.9 Å². The van der Waals surface area contributed by atoms with Gasteiger partial charge in [0, 0.05) is 42.8 Å². The highest BCUT2D eigenvalue weighted by Gasteiger charge is 2.25. The first-order valence-electron chi connectivity index (χ1n) is 7.04. The third kappa shape index (κ3) is 2.08. The fourth-order valence-electron chi connectivity index (χ4n) is 3.09. The van der Waals surface area contributed by atoms with Crippen LogP contribution in [0.1, 0.15) is 25.1 Å². The van der Waals surface area contributed by atoms with Gasteiger partial charge < -0.3 is 10.3 Å². The second kappa shape index (κ2) is 4.90. The molecular formula is C15H20N4O. The van der Waals surface area contributed by atoms with Gasteiger partial charge in [-0.3, -0.25) is 14.7 Å². The van der Waals surface area contributed by atoms with Crippen LogP contribution in [0.25, 0.3) is 10.9 Å². The number of nitrogens with two attached hydrogens (primary N) is 1. The van der Waals surface area contributed by atoms with Gasteiger partial charge in [0.05, 0.1) is 11.7 Å². The van der Waals surface area contributed by atoms with Crippen molar-refractivity contribution in [1.82, 2.24) is 14.5 Å². The molecule has 1 aliphatic heterocycles. The van der Waals surface area contributed by atoms with Gasteiger partial charge in [-0.05, 0) is 25.5 Å². The Bertz CT molecular complexity index is 659. The van der Waals surface area contributed by atoms with Gasteiger partial charge in [0.15, 0.2) is 0 Å². The van der Waals surface area contributed by atoms with E-state index >= 15 is 0 Å². The first-order valence-corrected chi connectivity index (χ1v) is 7.04. The lowest BCUT2D eigenvalue weighted by Crippen LogP contribution is -2.36. The van der Waals surface area contributed by atoms with E-state index in [9.17, 15) is 4.79 Å². The Balaban J connectivity index is 2.14. The fraction of sp³-hybridized carbons (Fsp3) is 0.467. The van der Waals surface area contributed by atoms with Gasteiger partial charge in [-0.15, -0.1) is 0 Å². The van der Waals surface area contributed by atoms with E-state index in [0.29, 0.717) is 6.04 Å². The van der Waals surface area contributed by atoms with E-state index in [2.05, 4.69) is 23.7 Å². The summed E-state index contributed by atoms with van der Waals surface area (Å²) in [5.74, 6) is -0.306. The Morgan fingerprint density at radius 2 is 2.30 bits per heavy atom. The van der Waals surface area contributed by atoms with E-state index in [0.717, 1.165) is 25.0 Å². The fourth-order valence-corrected chi connectivity index (χ4v) is 3.09. The zero-order valence-corrected chi connectivity index (χ0v) is 12.0. The zero-order chi connectivity index (χ0) is 14.3. The molecule has 20 heavy (non-hydrogen) atoms. The maximum Gasteiger partial charge on any atom is 0.237 e. The Hall–Kier alpha value is -1.88. The van der Waals surface area contributed by atoms with E-state index in [1.165, 1.54) is 16.6 Å². The van der Waals surface area contributed by atoms with Crippen molar-refractivity contribution in [2.75, 3.05) is 6.54 Å². The topological polar surface area (TPSA) is 64.2 Å². The molecule has 0 aromatic carbocycles. The van der Waals surface area contributed by atoms with Gasteiger partial charge in [-0.2, -0.15) is 0 Å². The van der Waals surface area contributed by atoms with Crippen molar-refractivity contribution in [2.24, 2.45) is 5.73 Å². The first kappa shape index (κ1) is 13.1. The summed E-state index contributed by atoms with van der Waals surface area (Å²) in [4.78, 5) is 18.0. The zero-order valence-electron chi connectivity index (χ0n) is 12.0. The summed E-state index contributed by atoms with van der Waals surface area (Å²) in [6.07, 6.45) is 4.59. The van der Waals surface area contributed by atoms with Crippen molar-refractivity contribution in [3.63, 3.8) is 0 Å². The highest BCUT2D eigenvalue weighted by atomic mass is 16.1. The Kier molecular flexibility index (Phi) is 3.22. The highest BCUT2D eigenvalue weighted by Crippen LogP contribution is 2.30. The van der Waals surface area contributed by atoms with Crippen LogP contribution in [0.2, 0.25) is 0 Å². The second-order valence-electron chi connectivity index (χ2n) is 5.68. The quantitative estimate of drug-likeness (QED) is 0.915. The van der Waals surface area contributed by atoms with E-state index in [4.69, 9.17) is 5.73 Å². The molecular weight excluding hydrogens is 252 g/mol. The molecule has 0 unspecified atom stereocenters. The van der Waals surface area contributed by atoms with Crippen LogP contribution in [-0.2, 0) is 24.3 Å². The molecule has 2 N–H and O–H groups in total. The molecule has 0 radical (unpaired) electrons. The lowest BCUT2D eigenvalue weighted by Gasteiger charge is -2.31. The van der Waals surface area contributed by atoms with Crippen molar-refractivity contribution in [1.29, 1.82) is 0 Å². The predicted octanol–water partition coefficient (Wildman–Crippen LogP) is 1.29. The highest BCUT2D eigenvalue weighted by molar-refractivity contribution is 5.87. The number of pyridine rings is 1. The molecule has 2 aromatic heterocycles. The monoisotopic (exact) mass is 272 g/mol. The molecule has 0 atom stereocenters. The van der Waals surface area contributed by atoms with Crippen molar-refractivity contribution in [3.05, 3.63) is 29.7 Å². The summed E-state index contributed by atoms with van der Waals surface area (Å²) >= 11 is 0. The average Bonchev–Trinajstić information content (AvgIpc) is 2.73. The number of aromatic nitrogens is 2. The van der Waals surface area contributed by atoms with Crippen molar-refractivity contribution >= 4 is 16.8 Å². The molecule has 0 aliphatic carbocycles. The van der Waals surface area contributed by atoms with Crippen LogP contribution >= 0.6 is 0 Å². The summed E-state index contributed by atoms with van der Waals surface area (Å²) < 4.78 is 2.04. The van der Waals surface area contributed by atoms with E-state index < -0.39 is 0 Å². The van der Waals surface area contributed by atoms with Crippen molar-refractivity contribution < 1.29 is 4.79 Å². The Morgan fingerprint density at radius 1 is 1.50 bits per heavy atom. The number of hydrogen-bond acceptors (Lipinski definition) is 3. The van der Waals surface area contributed by atoms with Crippen LogP contribution in [0.3, 0.4) is 0 Å². The third-order valence-corrected chi connectivity index (χ3v) is 4.13. The van der Waals surface area contributed by atoms with Gasteiger partial charge in [0.25, 0.3) is 0 Å². The van der Waals surface area contributed by atoms with Gasteiger partial charge in [0.2, 0.25) is 5.91 Å². The molecule has 1 amide bonds. The van der Waals surface area contributed by atoms with Crippen LogP contribution in [0.15, 0.2) is 18.5 Å². The van der Waals surface area contributed by atoms with E-state index in [1.807, 2.05) is 23.0 Å². The number of amides is 1. The van der Waals surface area contributed by atoms with Gasteiger partial charge >= 0.3 is 0 Å². The molecule has 3 rings (SSSR count). The number of nitrogens with zero attached hydrogens (tertiary/aromatic N) is 3. The molecule has 0 spiro atoms. The number of hydrogen-bond donors (Lipinski definition) is 1. The molecule has 0 saturated heterocycles. The van der Waals surface area contributed by atoms with Gasteiger partial charge in [0.1, 0.15) is 6.54 Å². The van der Waals surface area contributed by atoms with Crippen LogP contribution in [0, 0.1) is 0 Å². The summed E-state index contributed by atoms with van der Waals surface area (Å²) in [6, 6.07) is 2.56. The lowest BCUT2D eigenvalue weighted by molar-refractivity contribution is -0.118. The van der Waals surface area contributed by atoms with Gasteiger partial charge in [-0.1, -0.05) is 0 Å². The largest absolute Gasteiger partial charge is 0.368 e. The molecule has 2 aromatic rings. The molecule has 1 aliphatic rings. The summed E-state index contributed by atoms with van der Waals surface area (Å²) in [5.41, 5.74) is 8.97. The smallest absolute Gasteiger partial charge is 0.237 e. The van der Waals surface area contributed by atoms with Crippen molar-refractivity contribution in [3.8, 4) is 0 Å². The number of rotatable bonds is 3. The number of primary amides is 1. The minimum atomic E-state index is -0.306. The molecule has 0 bridgehead atoms. The Labute approximate surface area is 118 Å². The minimum Gasteiger partial charge on any atom is -0.368 e. The average molecular weight is 272 g/mol. The first-order chi connectivity index (χ1) is 9.58. The molecule has 0 fully saturated rings. The van der Waals surface area contributed by atoms with E-state index in [1.54, 1.807) is 0 Å². The standard InChI is InChI=1S/C15H20N4O/c1-10(2)18-6-4-13-12(8-18)11-3-5-17-7-14(11)19(13)9-15(16)20/h3,5,7,10H,4,6,8-9H2,1-2H3,(H2,16,20). The van der Waals surface area contributed by atoms with Crippen LogP contribution < -0.4 is 5.73 Å². The molecule has 106 valence electrons. The third-order valence-electron chi connectivity index (χ3n) is 4.13. The maximum absolute atomic E-state index is 11.3. The number of fused-ring (bicyclic) bond motifs is 3. The number of carbonyl (C=O) groups excluding carboxylic acids is 1. The SMILES string of the molecule is CC(C)N1CCc2c(c3ccncc3n2CC(N)=O)C1. The molecule has 3 heterocycles. The summed E-state index contributed by atoms with van der Waals surface area (Å²) in [5, 5.41) is 1.20.